The Bertz CT molecular complexity index is 1170. The molecule has 6 nitrogen and oxygen atoms in total. The molecule has 0 unspecified atom stereocenters. The van der Waals surface area contributed by atoms with Crippen molar-refractivity contribution in [3.05, 3.63) is 89.1 Å². The number of benzene rings is 3. The van der Waals surface area contributed by atoms with E-state index in [1.165, 1.54) is 7.11 Å². The molecular formula is C24H19ClN2O4. The van der Waals surface area contributed by atoms with Gasteiger partial charge in [0.25, 0.3) is 11.8 Å². The predicted molar refractivity (Wildman–Crippen MR) is 120 cm³/mol. The smallest absolute Gasteiger partial charge is 0.282 e. The van der Waals surface area contributed by atoms with E-state index in [2.05, 4.69) is 5.32 Å². The highest BCUT2D eigenvalue weighted by molar-refractivity contribution is 6.46. The number of amides is 2. The van der Waals surface area contributed by atoms with Crippen molar-refractivity contribution < 1.29 is 19.1 Å². The summed E-state index contributed by atoms with van der Waals surface area (Å²) >= 11 is 6.02. The number of nitrogens with zero attached hydrogens (tertiary/aromatic N) is 1. The molecule has 0 fully saturated rings. The van der Waals surface area contributed by atoms with Crippen LogP contribution in [0.3, 0.4) is 0 Å². The molecule has 2 amide bonds. The zero-order chi connectivity index (χ0) is 22.0. The number of nitrogens with one attached hydrogen (secondary N) is 1. The molecule has 0 radical (unpaired) electrons. The van der Waals surface area contributed by atoms with Gasteiger partial charge in [-0.2, -0.15) is 0 Å². The lowest BCUT2D eigenvalue weighted by Crippen LogP contribution is -2.32. The van der Waals surface area contributed by atoms with Gasteiger partial charge < -0.3 is 14.8 Å². The van der Waals surface area contributed by atoms with Crippen molar-refractivity contribution in [2.24, 2.45) is 0 Å². The molecule has 0 saturated carbocycles. The lowest BCUT2D eigenvalue weighted by Gasteiger charge is -2.18. The van der Waals surface area contributed by atoms with Gasteiger partial charge in [0.15, 0.2) is 0 Å². The molecule has 0 bridgehead atoms. The monoisotopic (exact) mass is 434 g/mol. The molecule has 1 aliphatic heterocycles. The fraction of sp³-hybridized carbons (Fsp3) is 0.0833. The lowest BCUT2D eigenvalue weighted by atomic mass is 10.0. The van der Waals surface area contributed by atoms with Crippen LogP contribution in [0.4, 0.5) is 11.4 Å². The van der Waals surface area contributed by atoms with Crippen LogP contribution in [0.1, 0.15) is 5.56 Å². The van der Waals surface area contributed by atoms with E-state index >= 15 is 0 Å². The SMILES string of the molecule is COc1ccc(NC2=C(c3ccc(Cl)cc3)C(=O)N(c3ccccc3OC)C2=O)cc1. The molecule has 31 heavy (non-hydrogen) atoms. The van der Waals surface area contributed by atoms with Gasteiger partial charge in [0.05, 0.1) is 25.5 Å². The van der Waals surface area contributed by atoms with Gasteiger partial charge in [0.2, 0.25) is 0 Å². The van der Waals surface area contributed by atoms with Gasteiger partial charge in [-0.05, 0) is 54.1 Å². The normalized spacial score (nSPS) is 13.6. The van der Waals surface area contributed by atoms with Crippen LogP contribution in [0, 0.1) is 0 Å². The highest BCUT2D eigenvalue weighted by Gasteiger charge is 2.41. The maximum atomic E-state index is 13.5. The highest BCUT2D eigenvalue weighted by atomic mass is 35.5. The van der Waals surface area contributed by atoms with E-state index in [9.17, 15) is 9.59 Å². The zero-order valence-electron chi connectivity index (χ0n) is 16.9. The number of carbonyl (C=O) groups is 2. The summed E-state index contributed by atoms with van der Waals surface area (Å²) < 4.78 is 10.6. The number of imide groups is 1. The number of methoxy groups -OCH3 is 2. The van der Waals surface area contributed by atoms with Gasteiger partial charge >= 0.3 is 0 Å². The van der Waals surface area contributed by atoms with E-state index in [1.54, 1.807) is 79.9 Å². The topological polar surface area (TPSA) is 67.9 Å². The summed E-state index contributed by atoms with van der Waals surface area (Å²) in [6, 6.07) is 20.8. The Morgan fingerprint density at radius 1 is 0.806 bits per heavy atom. The van der Waals surface area contributed by atoms with Crippen molar-refractivity contribution in [3.8, 4) is 11.5 Å². The molecule has 7 heteroatoms. The van der Waals surface area contributed by atoms with Crippen molar-refractivity contribution in [2.75, 3.05) is 24.4 Å². The van der Waals surface area contributed by atoms with Gasteiger partial charge in [0.1, 0.15) is 17.2 Å². The number of ether oxygens (including phenoxy) is 2. The number of rotatable bonds is 6. The average Bonchev–Trinajstić information content (AvgIpc) is 3.04. The van der Waals surface area contributed by atoms with Gasteiger partial charge in [-0.25, -0.2) is 4.90 Å². The van der Waals surface area contributed by atoms with Crippen molar-refractivity contribution >= 4 is 40.4 Å². The van der Waals surface area contributed by atoms with Crippen LogP contribution in [-0.2, 0) is 9.59 Å². The summed E-state index contributed by atoms with van der Waals surface area (Å²) in [5.74, 6) is 0.176. The fourth-order valence-corrected chi connectivity index (χ4v) is 3.51. The first-order valence-electron chi connectivity index (χ1n) is 9.46. The number of hydrogen-bond donors (Lipinski definition) is 1. The van der Waals surface area contributed by atoms with Crippen molar-refractivity contribution in [2.45, 2.75) is 0 Å². The van der Waals surface area contributed by atoms with E-state index in [1.807, 2.05) is 0 Å². The first-order valence-corrected chi connectivity index (χ1v) is 9.84. The van der Waals surface area contributed by atoms with Gasteiger partial charge in [-0.3, -0.25) is 9.59 Å². The van der Waals surface area contributed by atoms with Gasteiger partial charge in [0, 0.05) is 10.7 Å². The van der Waals surface area contributed by atoms with Crippen LogP contribution in [-0.4, -0.2) is 26.0 Å². The minimum absolute atomic E-state index is 0.170. The molecule has 0 saturated heterocycles. The van der Waals surface area contributed by atoms with Crippen LogP contribution >= 0.6 is 11.6 Å². The first-order chi connectivity index (χ1) is 15.0. The second kappa shape index (κ2) is 8.53. The van der Waals surface area contributed by atoms with E-state index < -0.39 is 11.8 Å². The molecule has 156 valence electrons. The summed E-state index contributed by atoms with van der Waals surface area (Å²) in [6.45, 7) is 0. The second-order valence-electron chi connectivity index (χ2n) is 6.73. The predicted octanol–water partition coefficient (Wildman–Crippen LogP) is 4.75. The van der Waals surface area contributed by atoms with E-state index in [4.69, 9.17) is 21.1 Å². The lowest BCUT2D eigenvalue weighted by molar-refractivity contribution is -0.120. The van der Waals surface area contributed by atoms with Crippen LogP contribution in [0.15, 0.2) is 78.5 Å². The first kappa shape index (κ1) is 20.5. The number of anilines is 2. The molecule has 1 heterocycles. The Labute approximate surface area is 184 Å². The summed E-state index contributed by atoms with van der Waals surface area (Å²) in [4.78, 5) is 28.0. The molecule has 0 aliphatic carbocycles. The second-order valence-corrected chi connectivity index (χ2v) is 7.16. The fourth-order valence-electron chi connectivity index (χ4n) is 3.38. The molecule has 3 aromatic carbocycles. The minimum atomic E-state index is -0.477. The van der Waals surface area contributed by atoms with E-state index in [0.717, 1.165) is 4.90 Å². The summed E-state index contributed by atoms with van der Waals surface area (Å²) in [5.41, 5.74) is 2.02. The third-order valence-corrected chi connectivity index (χ3v) is 5.15. The Balaban J connectivity index is 1.81. The van der Waals surface area contributed by atoms with Gasteiger partial charge in [-0.1, -0.05) is 35.9 Å². The van der Waals surface area contributed by atoms with Crippen molar-refractivity contribution in [1.82, 2.24) is 0 Å². The minimum Gasteiger partial charge on any atom is -0.497 e. The molecule has 0 atom stereocenters. The Hall–Kier alpha value is -3.77. The van der Waals surface area contributed by atoms with Crippen LogP contribution in [0.5, 0.6) is 11.5 Å². The Morgan fingerprint density at radius 2 is 1.48 bits per heavy atom. The average molecular weight is 435 g/mol. The Morgan fingerprint density at radius 3 is 2.13 bits per heavy atom. The van der Waals surface area contributed by atoms with Crippen molar-refractivity contribution in [1.29, 1.82) is 0 Å². The highest BCUT2D eigenvalue weighted by Crippen LogP contribution is 2.38. The maximum Gasteiger partial charge on any atom is 0.282 e. The molecule has 3 aromatic rings. The molecule has 1 N–H and O–H groups in total. The number of carbonyl (C=O) groups excluding carboxylic acids is 2. The van der Waals surface area contributed by atoms with E-state index in [-0.39, 0.29) is 11.3 Å². The summed E-state index contributed by atoms with van der Waals surface area (Å²) in [5, 5.41) is 3.65. The number of para-hydroxylation sites is 2. The largest absolute Gasteiger partial charge is 0.497 e. The Kier molecular flexibility index (Phi) is 5.64. The maximum absolute atomic E-state index is 13.5. The third kappa shape index (κ3) is 3.85. The number of hydrogen-bond acceptors (Lipinski definition) is 5. The summed E-state index contributed by atoms with van der Waals surface area (Å²) in [6.07, 6.45) is 0. The molecule has 0 aromatic heterocycles. The molecule has 4 rings (SSSR count). The molecule has 0 spiro atoms. The van der Waals surface area contributed by atoms with Crippen molar-refractivity contribution in [3.63, 3.8) is 0 Å². The zero-order valence-corrected chi connectivity index (χ0v) is 17.6. The quantitative estimate of drug-likeness (QED) is 0.567. The van der Waals surface area contributed by atoms with Crippen LogP contribution in [0.2, 0.25) is 5.02 Å². The standard InChI is InChI=1S/C24H19ClN2O4/c1-30-18-13-11-17(12-14-18)26-22-21(15-7-9-16(25)10-8-15)23(28)27(24(22)29)19-5-3-4-6-20(19)31-2/h3-14,26H,1-2H3. The van der Waals surface area contributed by atoms with Crippen LogP contribution in [0.25, 0.3) is 5.57 Å². The molecule has 1 aliphatic rings. The van der Waals surface area contributed by atoms with Gasteiger partial charge in [-0.15, -0.1) is 0 Å². The number of halogens is 1. The van der Waals surface area contributed by atoms with E-state index in [0.29, 0.717) is 33.5 Å². The van der Waals surface area contributed by atoms with Crippen LogP contribution < -0.4 is 19.7 Å². The third-order valence-electron chi connectivity index (χ3n) is 4.90. The molecular weight excluding hydrogens is 416 g/mol. The summed E-state index contributed by atoms with van der Waals surface area (Å²) in [7, 11) is 3.07.